The van der Waals surface area contributed by atoms with Gasteiger partial charge in [0.15, 0.2) is 5.96 Å². The maximum atomic E-state index is 7.79. The summed E-state index contributed by atoms with van der Waals surface area (Å²) < 4.78 is 0. The number of benzene rings is 1. The average molecular weight is 354 g/mol. The van der Waals surface area contributed by atoms with Crippen molar-refractivity contribution in [1.82, 2.24) is 15.5 Å². The van der Waals surface area contributed by atoms with Crippen LogP contribution in [0.5, 0.6) is 0 Å². The summed E-state index contributed by atoms with van der Waals surface area (Å²) in [4.78, 5) is 2.43. The van der Waals surface area contributed by atoms with Gasteiger partial charge in [-0.3, -0.25) is 5.41 Å². The van der Waals surface area contributed by atoms with E-state index in [1.165, 1.54) is 25.9 Å². The van der Waals surface area contributed by atoms with E-state index in [1.54, 1.807) is 0 Å². The van der Waals surface area contributed by atoms with Crippen LogP contribution >= 0.6 is 36.4 Å². The summed E-state index contributed by atoms with van der Waals surface area (Å²) in [6, 6.07) is 7.66. The van der Waals surface area contributed by atoms with E-state index < -0.39 is 0 Å². The summed E-state index contributed by atoms with van der Waals surface area (Å²) >= 11 is 5.83. The Hall–Kier alpha value is -0.680. The molecule has 2 rings (SSSR count). The van der Waals surface area contributed by atoms with E-state index in [0.717, 1.165) is 23.7 Å². The third-order valence-corrected chi connectivity index (χ3v) is 3.56. The Balaban J connectivity index is 0.00000200. The third-order valence-electron chi connectivity index (χ3n) is 3.31. The van der Waals surface area contributed by atoms with Crippen molar-refractivity contribution in [1.29, 1.82) is 5.41 Å². The molecule has 1 aromatic carbocycles. The van der Waals surface area contributed by atoms with E-state index in [-0.39, 0.29) is 24.8 Å². The van der Waals surface area contributed by atoms with E-state index in [0.29, 0.717) is 12.5 Å². The van der Waals surface area contributed by atoms with E-state index in [2.05, 4.69) is 15.5 Å². The quantitative estimate of drug-likeness (QED) is 0.563. The molecule has 0 saturated carbocycles. The molecule has 0 amide bonds. The lowest BCUT2D eigenvalue weighted by Crippen LogP contribution is -2.40. The van der Waals surface area contributed by atoms with Crippen LogP contribution in [-0.2, 0) is 6.54 Å². The van der Waals surface area contributed by atoms with E-state index in [1.807, 2.05) is 24.3 Å². The molecule has 0 aliphatic carbocycles. The highest BCUT2D eigenvalue weighted by Gasteiger charge is 2.10. The van der Waals surface area contributed by atoms with Crippen molar-refractivity contribution in [2.45, 2.75) is 19.4 Å². The Morgan fingerprint density at radius 1 is 1.10 bits per heavy atom. The smallest absolute Gasteiger partial charge is 0.188 e. The molecule has 1 aromatic rings. The number of rotatable bonds is 5. The van der Waals surface area contributed by atoms with Crippen LogP contribution in [0.3, 0.4) is 0 Å². The van der Waals surface area contributed by atoms with Crippen molar-refractivity contribution in [2.75, 3.05) is 26.2 Å². The molecule has 0 aromatic heterocycles. The lowest BCUT2D eigenvalue weighted by molar-refractivity contribution is 0.343. The summed E-state index contributed by atoms with van der Waals surface area (Å²) in [5.74, 6) is 0.383. The normalized spacial score (nSPS) is 14.0. The molecule has 0 atom stereocenters. The number of hydrogen-bond donors (Lipinski definition) is 3. The fourth-order valence-corrected chi connectivity index (χ4v) is 2.33. The zero-order valence-corrected chi connectivity index (χ0v) is 14.3. The average Bonchev–Trinajstić information content (AvgIpc) is 2.91. The van der Waals surface area contributed by atoms with Gasteiger partial charge in [0.2, 0.25) is 0 Å². The van der Waals surface area contributed by atoms with Crippen LogP contribution in [0.1, 0.15) is 18.4 Å². The van der Waals surface area contributed by atoms with Gasteiger partial charge in [0, 0.05) is 24.7 Å². The molecule has 21 heavy (non-hydrogen) atoms. The molecule has 1 aliphatic heterocycles. The predicted molar refractivity (Wildman–Crippen MR) is 94.2 cm³/mol. The van der Waals surface area contributed by atoms with E-state index in [4.69, 9.17) is 17.0 Å². The molecule has 0 unspecified atom stereocenters. The second-order valence-electron chi connectivity index (χ2n) is 4.83. The lowest BCUT2D eigenvalue weighted by Gasteiger charge is -2.16. The first-order chi connectivity index (χ1) is 9.24. The fourth-order valence-electron chi connectivity index (χ4n) is 2.20. The third kappa shape index (κ3) is 7.77. The van der Waals surface area contributed by atoms with Gasteiger partial charge in [0.25, 0.3) is 0 Å². The molecule has 3 N–H and O–H groups in total. The molecule has 1 saturated heterocycles. The second-order valence-corrected chi connectivity index (χ2v) is 5.27. The van der Waals surface area contributed by atoms with Gasteiger partial charge < -0.3 is 15.5 Å². The van der Waals surface area contributed by atoms with Crippen molar-refractivity contribution >= 4 is 42.4 Å². The first-order valence-electron chi connectivity index (χ1n) is 6.77. The van der Waals surface area contributed by atoms with Crippen LogP contribution < -0.4 is 10.6 Å². The highest BCUT2D eigenvalue weighted by Crippen LogP contribution is 2.09. The highest BCUT2D eigenvalue weighted by atomic mass is 35.5. The number of hydrogen-bond acceptors (Lipinski definition) is 2. The van der Waals surface area contributed by atoms with Crippen LogP contribution in [0.25, 0.3) is 0 Å². The minimum Gasteiger partial charge on any atom is -0.355 e. The van der Waals surface area contributed by atoms with Crippen LogP contribution in [0.4, 0.5) is 0 Å². The van der Waals surface area contributed by atoms with Crippen LogP contribution in [0.15, 0.2) is 24.3 Å². The Kier molecular flexibility index (Phi) is 10.6. The Labute approximate surface area is 143 Å². The van der Waals surface area contributed by atoms with Gasteiger partial charge in [-0.2, -0.15) is 0 Å². The molecule has 0 bridgehead atoms. The van der Waals surface area contributed by atoms with Gasteiger partial charge >= 0.3 is 0 Å². The summed E-state index contributed by atoms with van der Waals surface area (Å²) in [7, 11) is 0. The van der Waals surface area contributed by atoms with Crippen LogP contribution in [-0.4, -0.2) is 37.0 Å². The first-order valence-corrected chi connectivity index (χ1v) is 7.15. The monoisotopic (exact) mass is 352 g/mol. The van der Waals surface area contributed by atoms with Gasteiger partial charge in [-0.05, 0) is 43.6 Å². The van der Waals surface area contributed by atoms with Gasteiger partial charge in [-0.15, -0.1) is 24.8 Å². The standard InChI is InChI=1S/C14H21ClN4.2ClH/c15-13-5-3-12(4-6-13)11-18-14(16)17-7-10-19-8-1-2-9-19;;/h3-6H,1-2,7-11H2,(H3,16,17,18);2*1H. The topological polar surface area (TPSA) is 51.2 Å². The minimum absolute atomic E-state index is 0. The van der Waals surface area contributed by atoms with Crippen molar-refractivity contribution in [3.63, 3.8) is 0 Å². The summed E-state index contributed by atoms with van der Waals surface area (Å²) in [6.07, 6.45) is 2.62. The SMILES string of the molecule is Cl.Cl.N=C(NCCN1CCCC1)NCc1ccc(Cl)cc1. The molecule has 120 valence electrons. The molecule has 0 spiro atoms. The van der Waals surface area contributed by atoms with E-state index in [9.17, 15) is 0 Å². The zero-order valence-electron chi connectivity index (χ0n) is 11.9. The summed E-state index contributed by atoms with van der Waals surface area (Å²) in [5, 5.41) is 14.7. The number of nitrogens with one attached hydrogen (secondary N) is 3. The molecular formula is C14H23Cl3N4. The molecular weight excluding hydrogens is 331 g/mol. The highest BCUT2D eigenvalue weighted by molar-refractivity contribution is 6.30. The molecule has 0 radical (unpaired) electrons. The number of likely N-dealkylation sites (tertiary alicyclic amines) is 1. The van der Waals surface area contributed by atoms with Crippen molar-refractivity contribution < 1.29 is 0 Å². The van der Waals surface area contributed by atoms with Gasteiger partial charge in [0.05, 0.1) is 0 Å². The maximum absolute atomic E-state index is 7.79. The van der Waals surface area contributed by atoms with Crippen molar-refractivity contribution in [3.8, 4) is 0 Å². The minimum atomic E-state index is 0. The summed E-state index contributed by atoms with van der Waals surface area (Å²) in [6.45, 7) is 4.89. The van der Waals surface area contributed by atoms with Crippen LogP contribution in [0.2, 0.25) is 5.02 Å². The number of halogens is 3. The number of guanidine groups is 1. The molecule has 4 nitrogen and oxygen atoms in total. The lowest BCUT2D eigenvalue weighted by atomic mass is 10.2. The summed E-state index contributed by atoms with van der Waals surface area (Å²) in [5.41, 5.74) is 1.12. The first kappa shape index (κ1) is 20.3. The Morgan fingerprint density at radius 2 is 1.71 bits per heavy atom. The van der Waals surface area contributed by atoms with Crippen LogP contribution in [0, 0.1) is 5.41 Å². The maximum Gasteiger partial charge on any atom is 0.188 e. The molecule has 1 aliphatic rings. The van der Waals surface area contributed by atoms with Gasteiger partial charge in [-0.1, -0.05) is 23.7 Å². The molecule has 1 fully saturated rings. The molecule has 7 heteroatoms. The second kappa shape index (κ2) is 11.0. The fraction of sp³-hybridized carbons (Fsp3) is 0.500. The molecule has 1 heterocycles. The number of nitrogens with zero attached hydrogens (tertiary/aromatic N) is 1. The Morgan fingerprint density at radius 3 is 2.33 bits per heavy atom. The van der Waals surface area contributed by atoms with Gasteiger partial charge in [0.1, 0.15) is 0 Å². The van der Waals surface area contributed by atoms with E-state index >= 15 is 0 Å². The largest absolute Gasteiger partial charge is 0.355 e. The Bertz CT molecular complexity index is 405. The van der Waals surface area contributed by atoms with Crippen molar-refractivity contribution in [3.05, 3.63) is 34.9 Å². The van der Waals surface area contributed by atoms with Gasteiger partial charge in [-0.25, -0.2) is 0 Å². The van der Waals surface area contributed by atoms with Crippen molar-refractivity contribution in [2.24, 2.45) is 0 Å². The zero-order chi connectivity index (χ0) is 13.5. The predicted octanol–water partition coefficient (Wildman–Crippen LogP) is 2.89.